The second kappa shape index (κ2) is 17.2. The van der Waals surface area contributed by atoms with Gasteiger partial charge in [0.15, 0.2) is 0 Å². The molecule has 2 aliphatic rings. The van der Waals surface area contributed by atoms with Gasteiger partial charge in [-0.05, 0) is 92.9 Å². The van der Waals surface area contributed by atoms with Crippen molar-refractivity contribution in [3.8, 4) is 5.75 Å². The normalized spacial score (nSPS) is 18.1. The number of rotatable bonds is 11. The van der Waals surface area contributed by atoms with Gasteiger partial charge in [0, 0.05) is 18.0 Å². The third kappa shape index (κ3) is 9.31. The minimum absolute atomic E-state index is 0.0332. The quantitative estimate of drug-likeness (QED) is 0.152. The fourth-order valence-electron chi connectivity index (χ4n) is 6.86. The molecule has 3 N–H and O–H groups in total. The SMILES string of the molecule is CCN1CC[C@@]2(C)c3ccc(OC(=O)NCc4ccccc4)cc3C[C@@H]12.Cc1ccc(C(=O)O[C@@H](C(=O)O)[C@@H](OC(=O)c2ccc(C)cc2)C(=O)O)cc1. The van der Waals surface area contributed by atoms with Crippen LogP contribution in [-0.2, 0) is 37.4 Å². The van der Waals surface area contributed by atoms with Crippen LogP contribution in [0.25, 0.3) is 0 Å². The highest BCUT2D eigenvalue weighted by atomic mass is 16.6. The number of nitrogens with zero attached hydrogens (tertiary/aromatic N) is 1. The summed E-state index contributed by atoms with van der Waals surface area (Å²) in [5, 5.41) is 21.5. The number of carbonyl (C=O) groups is 5. The van der Waals surface area contributed by atoms with E-state index in [4.69, 9.17) is 14.2 Å². The summed E-state index contributed by atoms with van der Waals surface area (Å²) < 4.78 is 15.1. The summed E-state index contributed by atoms with van der Waals surface area (Å²) in [6.07, 6.45) is -2.60. The molecule has 1 saturated heterocycles. The molecule has 12 heteroatoms. The van der Waals surface area contributed by atoms with Crippen molar-refractivity contribution < 1.29 is 48.4 Å². The van der Waals surface area contributed by atoms with Crippen molar-refractivity contribution in [3.05, 3.63) is 136 Å². The molecule has 12 nitrogen and oxygen atoms in total. The summed E-state index contributed by atoms with van der Waals surface area (Å²) in [6, 6.07) is 28.6. The molecule has 1 fully saturated rings. The third-order valence-electron chi connectivity index (χ3n) is 9.90. The van der Waals surface area contributed by atoms with E-state index in [1.54, 1.807) is 38.1 Å². The van der Waals surface area contributed by atoms with Gasteiger partial charge in [0.25, 0.3) is 0 Å². The predicted molar refractivity (Wildman–Crippen MR) is 198 cm³/mol. The van der Waals surface area contributed by atoms with E-state index < -0.39 is 42.2 Å². The number of fused-ring (bicyclic) bond motifs is 3. The van der Waals surface area contributed by atoms with Gasteiger partial charge in [-0.1, -0.05) is 85.6 Å². The number of likely N-dealkylation sites (tertiary alicyclic amines) is 1. The van der Waals surface area contributed by atoms with Crippen LogP contribution in [0.2, 0.25) is 0 Å². The number of carbonyl (C=O) groups excluding carboxylic acids is 3. The zero-order valence-electron chi connectivity index (χ0n) is 30.6. The maximum absolute atomic E-state index is 12.2. The minimum atomic E-state index is -2.22. The van der Waals surface area contributed by atoms with E-state index in [-0.39, 0.29) is 16.5 Å². The molecule has 0 saturated carbocycles. The molecule has 4 aromatic rings. The van der Waals surface area contributed by atoms with Gasteiger partial charge in [-0.15, -0.1) is 0 Å². The molecule has 0 bridgehead atoms. The molecule has 6 rings (SSSR count). The summed E-state index contributed by atoms with van der Waals surface area (Å²) >= 11 is 0. The fraction of sp³-hybridized carbons (Fsp3) is 0.310. The number of hydrogen-bond acceptors (Lipinski definition) is 9. The Bertz CT molecular complexity index is 1910. The van der Waals surface area contributed by atoms with Gasteiger partial charge in [-0.2, -0.15) is 0 Å². The van der Waals surface area contributed by atoms with Crippen molar-refractivity contribution in [2.45, 2.75) is 70.7 Å². The zero-order valence-corrected chi connectivity index (χ0v) is 30.6. The third-order valence-corrected chi connectivity index (χ3v) is 9.90. The van der Waals surface area contributed by atoms with Crippen molar-refractivity contribution in [2.24, 2.45) is 0 Å². The molecular formula is C42H44N2O10. The number of aliphatic carboxylic acids is 2. The first kappa shape index (κ1) is 39.2. The molecule has 0 spiro atoms. The second-order valence-electron chi connectivity index (χ2n) is 13.6. The van der Waals surface area contributed by atoms with Gasteiger partial charge >= 0.3 is 30.0 Å². The van der Waals surface area contributed by atoms with Crippen LogP contribution in [0, 0.1) is 13.8 Å². The number of carboxylic acids is 2. The van der Waals surface area contributed by atoms with E-state index >= 15 is 0 Å². The summed E-state index contributed by atoms with van der Waals surface area (Å²) in [4.78, 5) is 62.0. The first-order valence-electron chi connectivity index (χ1n) is 17.7. The molecule has 1 aliphatic carbocycles. The molecular weight excluding hydrogens is 692 g/mol. The smallest absolute Gasteiger partial charge is 0.412 e. The van der Waals surface area contributed by atoms with E-state index in [0.717, 1.165) is 29.7 Å². The summed E-state index contributed by atoms with van der Waals surface area (Å²) in [5.41, 5.74) is 5.83. The first-order valence-corrected chi connectivity index (χ1v) is 17.7. The monoisotopic (exact) mass is 736 g/mol. The Morgan fingerprint density at radius 2 is 1.33 bits per heavy atom. The van der Waals surface area contributed by atoms with Crippen molar-refractivity contribution in [3.63, 3.8) is 0 Å². The number of hydrogen-bond donors (Lipinski definition) is 3. The Morgan fingerprint density at radius 1 is 0.796 bits per heavy atom. The number of benzene rings is 4. The van der Waals surface area contributed by atoms with Gasteiger partial charge in [0.1, 0.15) is 5.75 Å². The topological polar surface area (TPSA) is 169 Å². The fourth-order valence-corrected chi connectivity index (χ4v) is 6.86. The van der Waals surface area contributed by atoms with Gasteiger partial charge in [0.2, 0.25) is 12.2 Å². The molecule has 1 amide bonds. The van der Waals surface area contributed by atoms with Crippen LogP contribution in [-0.4, -0.2) is 76.4 Å². The number of ether oxygens (including phenoxy) is 3. The van der Waals surface area contributed by atoms with E-state index in [1.165, 1.54) is 48.4 Å². The predicted octanol–water partition coefficient (Wildman–Crippen LogP) is 6.11. The second-order valence-corrected chi connectivity index (χ2v) is 13.6. The number of carboxylic acid groups (broad SMARTS) is 2. The van der Waals surface area contributed by atoms with Crippen molar-refractivity contribution in [1.82, 2.24) is 10.2 Å². The lowest BCUT2D eigenvalue weighted by Gasteiger charge is -2.29. The average molecular weight is 737 g/mol. The maximum atomic E-state index is 12.2. The van der Waals surface area contributed by atoms with Crippen LogP contribution in [0.5, 0.6) is 5.75 Å². The molecule has 0 unspecified atom stereocenters. The number of likely N-dealkylation sites (N-methyl/N-ethyl adjacent to an activating group) is 1. The van der Waals surface area contributed by atoms with Crippen molar-refractivity contribution in [1.29, 1.82) is 0 Å². The number of nitrogens with one attached hydrogen (secondary N) is 1. The molecule has 4 atom stereocenters. The average Bonchev–Trinajstić information content (AvgIpc) is 3.63. The lowest BCUT2D eigenvalue weighted by Crippen LogP contribution is -2.45. The van der Waals surface area contributed by atoms with Gasteiger partial charge < -0.3 is 29.7 Å². The summed E-state index contributed by atoms with van der Waals surface area (Å²) in [5.74, 6) is -5.00. The van der Waals surface area contributed by atoms with Gasteiger partial charge in [0.05, 0.1) is 11.1 Å². The molecule has 1 aliphatic heterocycles. The molecule has 1 heterocycles. The van der Waals surface area contributed by atoms with Crippen LogP contribution in [0.4, 0.5) is 4.79 Å². The van der Waals surface area contributed by atoms with E-state index in [9.17, 15) is 34.2 Å². The molecule has 0 radical (unpaired) electrons. The zero-order chi connectivity index (χ0) is 39.0. The van der Waals surface area contributed by atoms with E-state index in [2.05, 4.69) is 36.2 Å². The molecule has 0 aromatic heterocycles. The highest BCUT2D eigenvalue weighted by molar-refractivity contribution is 5.95. The van der Waals surface area contributed by atoms with Crippen LogP contribution in [0.1, 0.15) is 68.8 Å². The van der Waals surface area contributed by atoms with Crippen LogP contribution >= 0.6 is 0 Å². The standard InChI is InChI=1S/C22H26N2O2.C20H18O8/c1-3-24-12-11-22(2)19-10-9-18(13-17(19)14-20(22)24)26-21(25)23-15-16-7-5-4-6-8-16;1-11-3-7-13(8-4-11)19(25)27-15(17(21)22)16(18(23)24)28-20(26)14-9-5-12(2)6-10-14/h4-10,13,20H,3,11-12,14-15H2,1-2H3,(H,23,25);3-10,15-16H,1-2H3,(H,21,22)(H,23,24)/t20-,22+;15-,16-/m11/s1. The van der Waals surface area contributed by atoms with Gasteiger partial charge in [-0.3, -0.25) is 4.90 Å². The summed E-state index contributed by atoms with van der Waals surface area (Å²) in [6.45, 7) is 10.9. The molecule has 282 valence electrons. The summed E-state index contributed by atoms with van der Waals surface area (Å²) in [7, 11) is 0. The van der Waals surface area contributed by atoms with Crippen LogP contribution < -0.4 is 10.1 Å². The number of esters is 2. The number of amides is 1. The van der Waals surface area contributed by atoms with E-state index in [1.807, 2.05) is 36.4 Å². The van der Waals surface area contributed by atoms with E-state index in [0.29, 0.717) is 18.3 Å². The lowest BCUT2D eigenvalue weighted by atomic mass is 9.81. The lowest BCUT2D eigenvalue weighted by molar-refractivity contribution is -0.166. The van der Waals surface area contributed by atoms with Gasteiger partial charge in [-0.25, -0.2) is 24.0 Å². The maximum Gasteiger partial charge on any atom is 0.412 e. The Labute approximate surface area is 313 Å². The minimum Gasteiger partial charge on any atom is -0.478 e. The Hall–Kier alpha value is -6.01. The Balaban J connectivity index is 0.000000208. The molecule has 54 heavy (non-hydrogen) atoms. The number of aryl methyl sites for hydroxylation is 2. The van der Waals surface area contributed by atoms with Crippen LogP contribution in [0.15, 0.2) is 97.1 Å². The Morgan fingerprint density at radius 3 is 1.83 bits per heavy atom. The Kier molecular flexibility index (Phi) is 12.5. The van der Waals surface area contributed by atoms with Crippen molar-refractivity contribution >= 4 is 30.0 Å². The van der Waals surface area contributed by atoms with Crippen LogP contribution in [0.3, 0.4) is 0 Å². The highest BCUT2D eigenvalue weighted by Crippen LogP contribution is 2.48. The highest BCUT2D eigenvalue weighted by Gasteiger charge is 2.49. The largest absolute Gasteiger partial charge is 0.478 e. The molecule has 4 aromatic carbocycles. The van der Waals surface area contributed by atoms with Crippen molar-refractivity contribution in [2.75, 3.05) is 13.1 Å². The first-order chi connectivity index (χ1) is 25.8.